The highest BCUT2D eigenvalue weighted by molar-refractivity contribution is 6.43. The van der Waals surface area contributed by atoms with Gasteiger partial charge in [0.25, 0.3) is 5.91 Å². The number of aromatic nitrogens is 2. The van der Waals surface area contributed by atoms with Crippen LogP contribution in [0.3, 0.4) is 0 Å². The number of nitrogens with one attached hydrogen (secondary N) is 1. The molecule has 0 spiro atoms. The summed E-state index contributed by atoms with van der Waals surface area (Å²) in [5.41, 5.74) is 1.38. The first-order chi connectivity index (χ1) is 8.17. The van der Waals surface area contributed by atoms with Crippen molar-refractivity contribution in [1.82, 2.24) is 15.3 Å². The molecule has 0 fully saturated rings. The van der Waals surface area contributed by atoms with Crippen LogP contribution in [-0.4, -0.2) is 28.6 Å². The van der Waals surface area contributed by atoms with Crippen LogP contribution < -0.4 is 5.32 Å². The molecule has 0 atom stereocenters. The Morgan fingerprint density at radius 2 is 2.12 bits per heavy atom. The van der Waals surface area contributed by atoms with Gasteiger partial charge in [0.2, 0.25) is 0 Å². The maximum absolute atomic E-state index is 11.7. The highest BCUT2D eigenvalue weighted by Crippen LogP contribution is 1.93. The van der Waals surface area contributed by atoms with Gasteiger partial charge in [0, 0.05) is 19.4 Å². The lowest BCUT2D eigenvalue weighted by molar-refractivity contribution is -0.114. The highest BCUT2D eigenvalue weighted by Gasteiger charge is 2.07. The van der Waals surface area contributed by atoms with Crippen molar-refractivity contribution in [3.63, 3.8) is 0 Å². The molecule has 1 N–H and O–H groups in total. The Morgan fingerprint density at radius 3 is 2.65 bits per heavy atom. The minimum Gasteiger partial charge on any atom is -0.343 e. The third-order valence-corrected chi connectivity index (χ3v) is 2.04. The maximum atomic E-state index is 11.7. The Bertz CT molecular complexity index is 434. The molecule has 0 radical (unpaired) electrons. The number of aliphatic imine (C=N–C) groups is 1. The van der Waals surface area contributed by atoms with Gasteiger partial charge in [-0.25, -0.2) is 9.97 Å². The van der Waals surface area contributed by atoms with E-state index in [1.54, 1.807) is 31.6 Å². The Kier molecular flexibility index (Phi) is 5.00. The van der Waals surface area contributed by atoms with E-state index in [4.69, 9.17) is 0 Å². The number of rotatable bonds is 4. The van der Waals surface area contributed by atoms with E-state index in [0.717, 1.165) is 5.56 Å². The van der Waals surface area contributed by atoms with E-state index in [-0.39, 0.29) is 5.91 Å². The van der Waals surface area contributed by atoms with E-state index >= 15 is 0 Å². The molecule has 1 heterocycles. The van der Waals surface area contributed by atoms with Crippen LogP contribution in [0.15, 0.2) is 29.5 Å². The van der Waals surface area contributed by atoms with Crippen LogP contribution >= 0.6 is 0 Å². The second-order valence-electron chi connectivity index (χ2n) is 3.47. The van der Waals surface area contributed by atoms with Crippen LogP contribution in [0.1, 0.15) is 18.3 Å². The molecule has 0 bridgehead atoms. The minimum atomic E-state index is -0.227. The first-order valence-electron chi connectivity index (χ1n) is 5.32. The van der Waals surface area contributed by atoms with Gasteiger partial charge in [-0.15, -0.1) is 0 Å². The second kappa shape index (κ2) is 6.52. The van der Waals surface area contributed by atoms with Gasteiger partial charge in [-0.1, -0.05) is 6.08 Å². The van der Waals surface area contributed by atoms with Crippen molar-refractivity contribution in [2.45, 2.75) is 20.4 Å². The molecule has 1 aromatic rings. The summed E-state index contributed by atoms with van der Waals surface area (Å²) in [6, 6.07) is 0. The number of carbonyl (C=O) groups is 1. The fraction of sp³-hybridized carbons (Fsp3) is 0.333. The van der Waals surface area contributed by atoms with Gasteiger partial charge >= 0.3 is 0 Å². The molecule has 5 nitrogen and oxygen atoms in total. The average Bonchev–Trinajstić information content (AvgIpc) is 2.35. The monoisotopic (exact) mass is 232 g/mol. The van der Waals surface area contributed by atoms with E-state index < -0.39 is 0 Å². The summed E-state index contributed by atoms with van der Waals surface area (Å²) in [4.78, 5) is 23.7. The third kappa shape index (κ3) is 4.14. The smallest absolute Gasteiger partial charge is 0.269 e. The molecular formula is C12H16N4O. The Morgan fingerprint density at radius 1 is 1.47 bits per heavy atom. The van der Waals surface area contributed by atoms with Crippen molar-refractivity contribution in [1.29, 1.82) is 0 Å². The molecule has 0 aliphatic heterocycles. The van der Waals surface area contributed by atoms with Crippen molar-refractivity contribution in [3.05, 3.63) is 35.9 Å². The summed E-state index contributed by atoms with van der Waals surface area (Å²) in [7, 11) is 1.58. The lowest BCUT2D eigenvalue weighted by atomic mass is 10.3. The number of hydrogen-bond donors (Lipinski definition) is 1. The third-order valence-electron chi connectivity index (χ3n) is 2.04. The molecule has 17 heavy (non-hydrogen) atoms. The fourth-order valence-electron chi connectivity index (χ4n) is 1.17. The van der Waals surface area contributed by atoms with Gasteiger partial charge in [0.1, 0.15) is 11.5 Å². The van der Waals surface area contributed by atoms with Crippen molar-refractivity contribution in [2.24, 2.45) is 4.99 Å². The highest BCUT2D eigenvalue weighted by atomic mass is 16.1. The van der Waals surface area contributed by atoms with Crippen molar-refractivity contribution < 1.29 is 4.79 Å². The van der Waals surface area contributed by atoms with Crippen molar-refractivity contribution >= 4 is 11.6 Å². The molecule has 0 unspecified atom stereocenters. The average molecular weight is 232 g/mol. The van der Waals surface area contributed by atoms with E-state index in [1.807, 2.05) is 13.8 Å². The van der Waals surface area contributed by atoms with Crippen LogP contribution in [-0.2, 0) is 11.3 Å². The number of amides is 1. The number of aryl methyl sites for hydroxylation is 1. The topological polar surface area (TPSA) is 67.2 Å². The quantitative estimate of drug-likeness (QED) is 0.789. The molecule has 1 aromatic heterocycles. The molecule has 0 aliphatic carbocycles. The molecule has 0 aromatic carbocycles. The van der Waals surface area contributed by atoms with Gasteiger partial charge < -0.3 is 5.32 Å². The lowest BCUT2D eigenvalue weighted by Crippen LogP contribution is -2.30. The van der Waals surface area contributed by atoms with Crippen molar-refractivity contribution in [2.75, 3.05) is 7.05 Å². The molecule has 0 saturated carbocycles. The van der Waals surface area contributed by atoms with E-state index in [1.165, 1.54) is 0 Å². The number of carbonyl (C=O) groups excluding carboxylic acids is 1. The predicted octanol–water partition coefficient (Wildman–Crippen LogP) is 1.05. The summed E-state index contributed by atoms with van der Waals surface area (Å²) in [5.74, 6) is 0.356. The van der Waals surface area contributed by atoms with Crippen LogP contribution in [0.25, 0.3) is 0 Å². The maximum Gasteiger partial charge on any atom is 0.269 e. The van der Waals surface area contributed by atoms with Gasteiger partial charge in [-0.2, -0.15) is 0 Å². The van der Waals surface area contributed by atoms with Gasteiger partial charge in [-0.3, -0.25) is 9.79 Å². The summed E-state index contributed by atoms with van der Waals surface area (Å²) in [6.45, 7) is 4.05. The summed E-state index contributed by atoms with van der Waals surface area (Å²) in [6.07, 6.45) is 6.86. The zero-order valence-corrected chi connectivity index (χ0v) is 10.3. The Balaban J connectivity index is 2.56. The molecule has 1 rings (SSSR count). The SMILES string of the molecule is C/C=C\C(=NC)C(=O)NCc1ncc(C)cn1. The molecule has 0 saturated heterocycles. The predicted molar refractivity (Wildman–Crippen MR) is 66.8 cm³/mol. The second-order valence-corrected chi connectivity index (χ2v) is 3.47. The molecular weight excluding hydrogens is 216 g/mol. The van der Waals surface area contributed by atoms with Crippen molar-refractivity contribution in [3.8, 4) is 0 Å². The molecule has 5 heteroatoms. The van der Waals surface area contributed by atoms with Gasteiger partial charge in [0.15, 0.2) is 0 Å². The van der Waals surface area contributed by atoms with Gasteiger partial charge in [0.05, 0.1) is 6.54 Å². The zero-order chi connectivity index (χ0) is 12.7. The van der Waals surface area contributed by atoms with Crippen LogP contribution in [0.4, 0.5) is 0 Å². The standard InChI is InChI=1S/C12H16N4O/c1-4-5-10(13-3)12(17)16-8-11-14-6-9(2)7-15-11/h4-7H,8H2,1-3H3,(H,16,17)/b5-4-,13-10?. The van der Waals surface area contributed by atoms with E-state index in [9.17, 15) is 4.79 Å². The summed E-state index contributed by atoms with van der Waals surface area (Å²) < 4.78 is 0. The van der Waals surface area contributed by atoms with E-state index in [2.05, 4.69) is 20.3 Å². The van der Waals surface area contributed by atoms with Crippen LogP contribution in [0.5, 0.6) is 0 Å². The first-order valence-corrected chi connectivity index (χ1v) is 5.32. The van der Waals surface area contributed by atoms with E-state index in [0.29, 0.717) is 18.1 Å². The zero-order valence-electron chi connectivity index (χ0n) is 10.3. The number of allylic oxidation sites excluding steroid dienone is 1. The largest absolute Gasteiger partial charge is 0.343 e. The lowest BCUT2D eigenvalue weighted by Gasteiger charge is -2.03. The Labute approximate surface area is 101 Å². The van der Waals surface area contributed by atoms with Crippen LogP contribution in [0, 0.1) is 6.92 Å². The van der Waals surface area contributed by atoms with Gasteiger partial charge in [-0.05, 0) is 25.5 Å². The summed E-state index contributed by atoms with van der Waals surface area (Å²) >= 11 is 0. The molecule has 1 amide bonds. The summed E-state index contributed by atoms with van der Waals surface area (Å²) in [5, 5.41) is 2.71. The first kappa shape index (κ1) is 13.0. The number of hydrogen-bond acceptors (Lipinski definition) is 4. The Hall–Kier alpha value is -2.04. The fourth-order valence-corrected chi connectivity index (χ4v) is 1.17. The molecule has 90 valence electrons. The normalized spacial score (nSPS) is 11.8. The minimum absolute atomic E-state index is 0.227. The van der Waals surface area contributed by atoms with Crippen LogP contribution in [0.2, 0.25) is 0 Å². The number of nitrogens with zero attached hydrogens (tertiary/aromatic N) is 3. The molecule has 0 aliphatic rings.